The number of ether oxygens (including phenoxy) is 1. The van der Waals surface area contributed by atoms with E-state index < -0.39 is 34.1 Å². The fourth-order valence-electron chi connectivity index (χ4n) is 3.93. The van der Waals surface area contributed by atoms with Crippen molar-refractivity contribution in [3.63, 3.8) is 0 Å². The van der Waals surface area contributed by atoms with Gasteiger partial charge in [-0.25, -0.2) is 8.42 Å². The molecule has 3 aromatic carbocycles. The summed E-state index contributed by atoms with van der Waals surface area (Å²) in [6.07, 6.45) is 0. The van der Waals surface area contributed by atoms with E-state index in [1.807, 2.05) is 20.8 Å². The third-order valence-electron chi connectivity index (χ3n) is 5.94. The minimum absolute atomic E-state index is 0.0251. The molecule has 0 bridgehead atoms. The van der Waals surface area contributed by atoms with E-state index >= 15 is 0 Å². The molecule has 1 atom stereocenters. The van der Waals surface area contributed by atoms with Gasteiger partial charge in [-0.15, -0.1) is 0 Å². The normalized spacial score (nSPS) is 12.4. The van der Waals surface area contributed by atoms with Crippen molar-refractivity contribution in [1.82, 2.24) is 10.2 Å². The van der Waals surface area contributed by atoms with Gasteiger partial charge in [0.1, 0.15) is 18.3 Å². The second kappa shape index (κ2) is 12.9. The second-order valence-corrected chi connectivity index (χ2v) is 12.9. The molecule has 214 valence electrons. The van der Waals surface area contributed by atoms with Gasteiger partial charge >= 0.3 is 0 Å². The lowest BCUT2D eigenvalue weighted by atomic mass is 10.1. The first-order chi connectivity index (χ1) is 18.7. The largest absolute Gasteiger partial charge is 0.497 e. The number of benzene rings is 3. The van der Waals surface area contributed by atoms with Crippen LogP contribution in [0.25, 0.3) is 0 Å². The zero-order valence-electron chi connectivity index (χ0n) is 23.0. The molecule has 0 fully saturated rings. The molecule has 0 aliphatic rings. The lowest BCUT2D eigenvalue weighted by Gasteiger charge is -2.33. The maximum Gasteiger partial charge on any atom is 0.264 e. The number of nitrogens with one attached hydrogen (secondary N) is 1. The van der Waals surface area contributed by atoms with E-state index in [0.717, 1.165) is 4.31 Å². The molecule has 11 heteroatoms. The fourth-order valence-corrected chi connectivity index (χ4v) is 5.82. The van der Waals surface area contributed by atoms with Crippen molar-refractivity contribution in [1.29, 1.82) is 0 Å². The number of nitrogens with zero attached hydrogens (tertiary/aromatic N) is 2. The summed E-state index contributed by atoms with van der Waals surface area (Å²) in [4.78, 5) is 28.5. The Morgan fingerprint density at radius 3 is 2.27 bits per heavy atom. The number of hydrogen-bond donors (Lipinski definition) is 1. The van der Waals surface area contributed by atoms with E-state index in [1.165, 1.54) is 42.3 Å². The van der Waals surface area contributed by atoms with Gasteiger partial charge in [-0.2, -0.15) is 0 Å². The van der Waals surface area contributed by atoms with Gasteiger partial charge in [0.15, 0.2) is 0 Å². The van der Waals surface area contributed by atoms with Crippen LogP contribution in [0.5, 0.6) is 5.75 Å². The van der Waals surface area contributed by atoms with Crippen LogP contribution in [0.3, 0.4) is 0 Å². The van der Waals surface area contributed by atoms with Gasteiger partial charge in [-0.05, 0) is 75.7 Å². The summed E-state index contributed by atoms with van der Waals surface area (Å²) in [6, 6.07) is 18.2. The number of carbonyl (C=O) groups excluding carboxylic acids is 2. The van der Waals surface area contributed by atoms with Gasteiger partial charge in [0.2, 0.25) is 11.8 Å². The van der Waals surface area contributed by atoms with Gasteiger partial charge in [0, 0.05) is 17.1 Å². The summed E-state index contributed by atoms with van der Waals surface area (Å²) >= 11 is 12.6. The molecule has 1 unspecified atom stereocenters. The highest BCUT2D eigenvalue weighted by Crippen LogP contribution is 2.33. The zero-order valence-corrected chi connectivity index (χ0v) is 25.3. The number of anilines is 1. The first-order valence-electron chi connectivity index (χ1n) is 12.5. The molecular formula is C29H33Cl2N3O5S. The minimum atomic E-state index is -4.26. The van der Waals surface area contributed by atoms with E-state index in [9.17, 15) is 18.0 Å². The van der Waals surface area contributed by atoms with Crippen LogP contribution in [0, 0.1) is 0 Å². The topological polar surface area (TPSA) is 96.0 Å². The quantitative estimate of drug-likeness (QED) is 0.328. The SMILES string of the molecule is COc1cccc(CN(C(=O)CN(c2cc(Cl)ccc2Cl)S(=O)(=O)c2ccccc2)C(C)C(=O)NC(C)(C)C)c1. The van der Waals surface area contributed by atoms with Crippen LogP contribution in [0.15, 0.2) is 77.7 Å². The average molecular weight is 607 g/mol. The van der Waals surface area contributed by atoms with Crippen LogP contribution < -0.4 is 14.4 Å². The van der Waals surface area contributed by atoms with Gasteiger partial charge in [-0.3, -0.25) is 13.9 Å². The third-order valence-corrected chi connectivity index (χ3v) is 8.27. The molecule has 0 saturated carbocycles. The van der Waals surface area contributed by atoms with Crippen LogP contribution in [-0.2, 0) is 26.2 Å². The van der Waals surface area contributed by atoms with Crippen LogP contribution in [-0.4, -0.2) is 50.4 Å². The second-order valence-electron chi connectivity index (χ2n) is 10.2. The first-order valence-corrected chi connectivity index (χ1v) is 14.7. The number of sulfonamides is 1. The van der Waals surface area contributed by atoms with Crippen LogP contribution in [0.2, 0.25) is 10.0 Å². The lowest BCUT2D eigenvalue weighted by molar-refractivity contribution is -0.140. The lowest BCUT2D eigenvalue weighted by Crippen LogP contribution is -2.54. The number of amides is 2. The predicted molar refractivity (Wildman–Crippen MR) is 158 cm³/mol. The molecule has 40 heavy (non-hydrogen) atoms. The standard InChI is InChI=1S/C29H33Cl2N3O5S/c1-20(28(36)32-29(2,3)4)33(18-21-10-9-11-23(16-21)39-5)27(35)19-34(26-17-22(30)14-15-25(26)31)40(37,38)24-12-7-6-8-13-24/h6-17,20H,18-19H2,1-5H3,(H,32,36). The van der Waals surface area contributed by atoms with Crippen molar-refractivity contribution in [3.8, 4) is 5.75 Å². The van der Waals surface area contributed by atoms with Crippen LogP contribution in [0.1, 0.15) is 33.3 Å². The maximum absolute atomic E-state index is 14.0. The number of halogens is 2. The summed E-state index contributed by atoms with van der Waals surface area (Å²) in [5, 5.41) is 3.23. The number of carbonyl (C=O) groups is 2. The molecule has 0 heterocycles. The number of hydrogen-bond acceptors (Lipinski definition) is 5. The van der Waals surface area contributed by atoms with Crippen molar-refractivity contribution < 1.29 is 22.7 Å². The zero-order chi connectivity index (χ0) is 29.7. The van der Waals surface area contributed by atoms with Crippen molar-refractivity contribution >= 4 is 50.7 Å². The van der Waals surface area contributed by atoms with E-state index in [4.69, 9.17) is 27.9 Å². The molecule has 0 aliphatic carbocycles. The highest BCUT2D eigenvalue weighted by Gasteiger charge is 2.34. The number of rotatable bonds is 10. The molecule has 3 aromatic rings. The van der Waals surface area contributed by atoms with Crippen LogP contribution in [0.4, 0.5) is 5.69 Å². The van der Waals surface area contributed by atoms with E-state index in [2.05, 4.69) is 5.32 Å². The van der Waals surface area contributed by atoms with E-state index in [1.54, 1.807) is 49.4 Å². The Morgan fingerprint density at radius 2 is 1.65 bits per heavy atom. The molecule has 2 amide bonds. The van der Waals surface area contributed by atoms with E-state index in [-0.39, 0.29) is 33.1 Å². The van der Waals surface area contributed by atoms with Crippen molar-refractivity contribution in [2.24, 2.45) is 0 Å². The van der Waals surface area contributed by atoms with Crippen molar-refractivity contribution in [3.05, 3.63) is 88.4 Å². The molecule has 0 radical (unpaired) electrons. The summed E-state index contributed by atoms with van der Waals surface area (Å²) < 4.78 is 33.9. The Labute approximate surface area is 245 Å². The third kappa shape index (κ3) is 7.90. The Hall–Kier alpha value is -3.27. The maximum atomic E-state index is 14.0. The molecule has 0 saturated heterocycles. The molecule has 8 nitrogen and oxygen atoms in total. The Morgan fingerprint density at radius 1 is 0.975 bits per heavy atom. The number of methoxy groups -OCH3 is 1. The summed E-state index contributed by atoms with van der Waals surface area (Å²) in [5.74, 6) is -0.424. The Balaban J connectivity index is 2.08. The van der Waals surface area contributed by atoms with Gasteiger partial charge < -0.3 is 15.0 Å². The summed E-state index contributed by atoms with van der Waals surface area (Å²) in [6.45, 7) is 6.50. The Kier molecular flexibility index (Phi) is 10.1. The minimum Gasteiger partial charge on any atom is -0.497 e. The van der Waals surface area contributed by atoms with Gasteiger partial charge in [0.25, 0.3) is 10.0 Å². The highest BCUT2D eigenvalue weighted by atomic mass is 35.5. The summed E-state index contributed by atoms with van der Waals surface area (Å²) in [7, 11) is -2.73. The smallest absolute Gasteiger partial charge is 0.264 e. The molecule has 0 spiro atoms. The average Bonchev–Trinajstić information content (AvgIpc) is 2.91. The monoisotopic (exact) mass is 605 g/mol. The van der Waals surface area contributed by atoms with Crippen molar-refractivity contribution in [2.45, 2.75) is 50.7 Å². The van der Waals surface area contributed by atoms with Gasteiger partial charge in [-0.1, -0.05) is 53.5 Å². The molecular weight excluding hydrogens is 573 g/mol. The first kappa shape index (κ1) is 31.3. The van der Waals surface area contributed by atoms with Gasteiger partial charge in [0.05, 0.1) is 22.7 Å². The molecule has 0 aromatic heterocycles. The molecule has 1 N–H and O–H groups in total. The Bertz CT molecular complexity index is 1460. The fraction of sp³-hybridized carbons (Fsp3) is 0.310. The van der Waals surface area contributed by atoms with Crippen molar-refractivity contribution in [2.75, 3.05) is 18.0 Å². The molecule has 3 rings (SSSR count). The van der Waals surface area contributed by atoms with E-state index in [0.29, 0.717) is 11.3 Å². The highest BCUT2D eigenvalue weighted by molar-refractivity contribution is 7.92. The molecule has 0 aliphatic heterocycles. The predicted octanol–water partition coefficient (Wildman–Crippen LogP) is 5.53. The van der Waals surface area contributed by atoms with Crippen LogP contribution >= 0.6 is 23.2 Å². The summed E-state index contributed by atoms with van der Waals surface area (Å²) in [5.41, 5.74) is 0.188.